The van der Waals surface area contributed by atoms with E-state index < -0.39 is 0 Å². The quantitative estimate of drug-likeness (QED) is 0.786. The maximum atomic E-state index is 11.2. The Labute approximate surface area is 91.7 Å². The van der Waals surface area contributed by atoms with E-state index in [2.05, 4.69) is 24.4 Å². The van der Waals surface area contributed by atoms with Gasteiger partial charge in [0.2, 0.25) is 5.91 Å². The molecule has 2 heteroatoms. The Hall–Kier alpha value is -1.31. The van der Waals surface area contributed by atoms with Gasteiger partial charge >= 0.3 is 0 Å². The second-order valence-corrected chi connectivity index (χ2v) is 3.78. The van der Waals surface area contributed by atoms with Crippen LogP contribution < -0.4 is 5.32 Å². The zero-order valence-electron chi connectivity index (χ0n) is 9.55. The van der Waals surface area contributed by atoms with Crippen molar-refractivity contribution in [3.05, 3.63) is 35.4 Å². The zero-order valence-corrected chi connectivity index (χ0v) is 9.55. The summed E-state index contributed by atoms with van der Waals surface area (Å²) < 4.78 is 0. The van der Waals surface area contributed by atoms with Crippen LogP contribution in [0.1, 0.15) is 30.9 Å². The molecule has 0 radical (unpaired) electrons. The lowest BCUT2D eigenvalue weighted by Gasteiger charge is -2.06. The normalized spacial score (nSPS) is 10.0. The summed E-state index contributed by atoms with van der Waals surface area (Å²) in [6, 6.07) is 8.29. The Morgan fingerprint density at radius 1 is 1.33 bits per heavy atom. The molecule has 82 valence electrons. The molecule has 0 saturated carbocycles. The van der Waals surface area contributed by atoms with Crippen LogP contribution in [0.5, 0.6) is 0 Å². The first-order valence-electron chi connectivity index (χ1n) is 5.55. The molecule has 1 N–H and O–H groups in total. The second-order valence-electron chi connectivity index (χ2n) is 3.78. The molecular formula is C13H19NO. The van der Waals surface area contributed by atoms with Gasteiger partial charge in [-0.1, -0.05) is 31.2 Å². The van der Waals surface area contributed by atoms with Gasteiger partial charge in [0, 0.05) is 13.0 Å². The van der Waals surface area contributed by atoms with Crippen molar-refractivity contribution < 1.29 is 4.79 Å². The maximum Gasteiger partial charge on any atom is 0.219 e. The Kier molecular flexibility index (Phi) is 4.88. The molecule has 2 nitrogen and oxygen atoms in total. The van der Waals surface area contributed by atoms with Crippen LogP contribution in [0.15, 0.2) is 24.3 Å². The van der Waals surface area contributed by atoms with Crippen molar-refractivity contribution in [2.45, 2.75) is 33.1 Å². The van der Waals surface area contributed by atoms with Gasteiger partial charge in [-0.05, 0) is 30.9 Å². The zero-order chi connectivity index (χ0) is 11.1. The molecule has 0 aliphatic heterocycles. The van der Waals surface area contributed by atoms with E-state index >= 15 is 0 Å². The summed E-state index contributed by atoms with van der Waals surface area (Å²) in [5.41, 5.74) is 2.61. The molecule has 0 bridgehead atoms. The van der Waals surface area contributed by atoms with E-state index in [-0.39, 0.29) is 5.91 Å². The Balaban J connectivity index is 2.32. The SMILES string of the molecule is CCCC(=O)NCCc1ccccc1C. The van der Waals surface area contributed by atoms with Crippen molar-refractivity contribution in [1.29, 1.82) is 0 Å². The van der Waals surface area contributed by atoms with E-state index in [1.807, 2.05) is 19.1 Å². The molecule has 1 aromatic carbocycles. The third-order valence-electron chi connectivity index (χ3n) is 2.45. The standard InChI is InChI=1S/C13H19NO/c1-3-6-13(15)14-10-9-12-8-5-4-7-11(12)2/h4-5,7-8H,3,6,9-10H2,1-2H3,(H,14,15). The monoisotopic (exact) mass is 205 g/mol. The summed E-state index contributed by atoms with van der Waals surface area (Å²) in [6.45, 7) is 4.85. The van der Waals surface area contributed by atoms with Crippen molar-refractivity contribution >= 4 is 5.91 Å². The number of nitrogens with one attached hydrogen (secondary N) is 1. The van der Waals surface area contributed by atoms with Gasteiger partial charge in [-0.15, -0.1) is 0 Å². The van der Waals surface area contributed by atoms with Crippen molar-refractivity contribution in [2.24, 2.45) is 0 Å². The van der Waals surface area contributed by atoms with Gasteiger partial charge in [-0.25, -0.2) is 0 Å². The van der Waals surface area contributed by atoms with E-state index in [1.54, 1.807) is 0 Å². The highest BCUT2D eigenvalue weighted by atomic mass is 16.1. The van der Waals surface area contributed by atoms with Crippen LogP contribution in [-0.4, -0.2) is 12.5 Å². The molecule has 0 aliphatic carbocycles. The summed E-state index contributed by atoms with van der Waals surface area (Å²) in [5.74, 6) is 0.158. The number of benzene rings is 1. The van der Waals surface area contributed by atoms with E-state index in [9.17, 15) is 4.79 Å². The summed E-state index contributed by atoms with van der Waals surface area (Å²) in [4.78, 5) is 11.2. The van der Waals surface area contributed by atoms with Gasteiger partial charge < -0.3 is 5.32 Å². The fourth-order valence-corrected chi connectivity index (χ4v) is 1.54. The highest BCUT2D eigenvalue weighted by Crippen LogP contribution is 2.06. The number of hydrogen-bond donors (Lipinski definition) is 1. The lowest BCUT2D eigenvalue weighted by atomic mass is 10.1. The van der Waals surface area contributed by atoms with Crippen LogP contribution in [0.25, 0.3) is 0 Å². The van der Waals surface area contributed by atoms with E-state index in [0.29, 0.717) is 6.42 Å². The van der Waals surface area contributed by atoms with Crippen LogP contribution in [0.3, 0.4) is 0 Å². The summed E-state index contributed by atoms with van der Waals surface area (Å²) >= 11 is 0. The minimum Gasteiger partial charge on any atom is -0.356 e. The second kappa shape index (κ2) is 6.23. The largest absolute Gasteiger partial charge is 0.356 e. The van der Waals surface area contributed by atoms with Gasteiger partial charge in [0.25, 0.3) is 0 Å². The number of aryl methyl sites for hydroxylation is 1. The average Bonchev–Trinajstić information content (AvgIpc) is 2.21. The smallest absolute Gasteiger partial charge is 0.219 e. The first-order chi connectivity index (χ1) is 7.24. The van der Waals surface area contributed by atoms with Crippen LogP contribution in [-0.2, 0) is 11.2 Å². The molecule has 1 aromatic rings. The summed E-state index contributed by atoms with van der Waals surface area (Å²) in [6.07, 6.45) is 2.46. The number of rotatable bonds is 5. The van der Waals surface area contributed by atoms with E-state index in [4.69, 9.17) is 0 Å². The highest BCUT2D eigenvalue weighted by molar-refractivity contribution is 5.75. The van der Waals surface area contributed by atoms with E-state index in [1.165, 1.54) is 11.1 Å². The Morgan fingerprint density at radius 3 is 2.73 bits per heavy atom. The average molecular weight is 205 g/mol. The Morgan fingerprint density at radius 2 is 2.07 bits per heavy atom. The third-order valence-corrected chi connectivity index (χ3v) is 2.45. The molecule has 0 spiro atoms. The summed E-state index contributed by atoms with van der Waals surface area (Å²) in [7, 11) is 0. The molecular weight excluding hydrogens is 186 g/mol. The molecule has 0 atom stereocenters. The van der Waals surface area contributed by atoms with Crippen molar-refractivity contribution in [1.82, 2.24) is 5.32 Å². The third kappa shape index (κ3) is 4.15. The molecule has 0 fully saturated rings. The lowest BCUT2D eigenvalue weighted by Crippen LogP contribution is -2.25. The fraction of sp³-hybridized carbons (Fsp3) is 0.462. The number of hydrogen-bond acceptors (Lipinski definition) is 1. The molecule has 0 heterocycles. The molecule has 15 heavy (non-hydrogen) atoms. The summed E-state index contributed by atoms with van der Waals surface area (Å²) in [5, 5.41) is 2.92. The van der Waals surface area contributed by atoms with Gasteiger partial charge in [0.15, 0.2) is 0 Å². The van der Waals surface area contributed by atoms with Gasteiger partial charge in [0.1, 0.15) is 0 Å². The van der Waals surface area contributed by atoms with Crippen LogP contribution >= 0.6 is 0 Å². The lowest BCUT2D eigenvalue weighted by molar-refractivity contribution is -0.121. The van der Waals surface area contributed by atoms with Crippen LogP contribution in [0, 0.1) is 6.92 Å². The van der Waals surface area contributed by atoms with Crippen molar-refractivity contribution in [3.63, 3.8) is 0 Å². The molecule has 1 rings (SSSR count). The van der Waals surface area contributed by atoms with E-state index in [0.717, 1.165) is 19.4 Å². The van der Waals surface area contributed by atoms with Crippen molar-refractivity contribution in [2.75, 3.05) is 6.54 Å². The fourth-order valence-electron chi connectivity index (χ4n) is 1.54. The molecule has 1 amide bonds. The number of amides is 1. The Bertz CT molecular complexity index is 320. The topological polar surface area (TPSA) is 29.1 Å². The number of carbonyl (C=O) groups is 1. The predicted molar refractivity (Wildman–Crippen MR) is 62.8 cm³/mol. The molecule has 0 saturated heterocycles. The molecule has 0 aromatic heterocycles. The van der Waals surface area contributed by atoms with Gasteiger partial charge in [-0.3, -0.25) is 4.79 Å². The maximum absolute atomic E-state index is 11.2. The van der Waals surface area contributed by atoms with Crippen LogP contribution in [0.4, 0.5) is 0 Å². The first kappa shape index (κ1) is 11.8. The van der Waals surface area contributed by atoms with Gasteiger partial charge in [0.05, 0.1) is 0 Å². The molecule has 0 aliphatic rings. The predicted octanol–water partition coefficient (Wildman–Crippen LogP) is 2.45. The van der Waals surface area contributed by atoms with Crippen molar-refractivity contribution in [3.8, 4) is 0 Å². The first-order valence-corrected chi connectivity index (χ1v) is 5.55. The minimum absolute atomic E-state index is 0.158. The highest BCUT2D eigenvalue weighted by Gasteiger charge is 2.00. The van der Waals surface area contributed by atoms with Crippen LogP contribution in [0.2, 0.25) is 0 Å². The number of carbonyl (C=O) groups excluding carboxylic acids is 1. The molecule has 0 unspecified atom stereocenters. The minimum atomic E-state index is 0.158. The van der Waals surface area contributed by atoms with Gasteiger partial charge in [-0.2, -0.15) is 0 Å².